The second-order valence-corrected chi connectivity index (χ2v) is 10.0. The summed E-state index contributed by atoms with van der Waals surface area (Å²) in [6.07, 6.45) is 10.8. The van der Waals surface area contributed by atoms with Crippen molar-refractivity contribution in [2.75, 3.05) is 32.9 Å². The predicted octanol–water partition coefficient (Wildman–Crippen LogP) is 3.30. The summed E-state index contributed by atoms with van der Waals surface area (Å²) in [4.78, 5) is 2.08. The van der Waals surface area contributed by atoms with Crippen LogP contribution in [0, 0.1) is 17.8 Å². The van der Waals surface area contributed by atoms with Crippen molar-refractivity contribution >= 4 is 0 Å². The SMILES string of the molecule is OCC1[C@H](O)C(O)CCN1CCCCCOCC1CCC(C2CCCCC2)CC1F. The highest BCUT2D eigenvalue weighted by Gasteiger charge is 2.36. The van der Waals surface area contributed by atoms with Gasteiger partial charge in [0.05, 0.1) is 31.5 Å². The van der Waals surface area contributed by atoms with Gasteiger partial charge in [-0.25, -0.2) is 4.39 Å². The van der Waals surface area contributed by atoms with Gasteiger partial charge in [0.25, 0.3) is 0 Å². The van der Waals surface area contributed by atoms with Crippen LogP contribution in [0.4, 0.5) is 4.39 Å². The number of hydrogen-bond acceptors (Lipinski definition) is 5. The summed E-state index contributed by atoms with van der Waals surface area (Å²) in [6.45, 7) is 2.63. The molecule has 5 unspecified atom stereocenters. The van der Waals surface area contributed by atoms with Gasteiger partial charge >= 0.3 is 0 Å². The lowest BCUT2D eigenvalue weighted by atomic mass is 9.70. The van der Waals surface area contributed by atoms with Crippen molar-refractivity contribution in [1.29, 1.82) is 0 Å². The fourth-order valence-electron chi connectivity index (χ4n) is 5.97. The third kappa shape index (κ3) is 6.86. The standard InChI is InChI=1S/C24H44FNO4/c25-21-15-19(18-7-3-1-4-8-18)9-10-20(21)17-30-14-6-2-5-12-26-13-11-23(28)24(29)22(26)16-27/h18-24,27-29H,1-17H2/t19?,20?,21?,22?,23?,24-/m0/s1. The van der Waals surface area contributed by atoms with Crippen molar-refractivity contribution in [3.63, 3.8) is 0 Å². The van der Waals surface area contributed by atoms with Crippen molar-refractivity contribution in [3.8, 4) is 0 Å². The Balaban J connectivity index is 1.23. The van der Waals surface area contributed by atoms with E-state index in [4.69, 9.17) is 4.74 Å². The normalized spacial score (nSPS) is 36.8. The van der Waals surface area contributed by atoms with Crippen molar-refractivity contribution < 1.29 is 24.4 Å². The van der Waals surface area contributed by atoms with Crippen LogP contribution in [0.25, 0.3) is 0 Å². The van der Waals surface area contributed by atoms with Gasteiger partial charge in [0.1, 0.15) is 6.17 Å². The third-order valence-corrected chi connectivity index (χ3v) is 7.99. The second kappa shape index (κ2) is 12.7. The fourth-order valence-corrected chi connectivity index (χ4v) is 5.97. The minimum absolute atomic E-state index is 0.0800. The molecule has 6 atom stereocenters. The fraction of sp³-hybridized carbons (Fsp3) is 1.00. The Labute approximate surface area is 182 Å². The summed E-state index contributed by atoms with van der Waals surface area (Å²) in [5.74, 6) is 1.46. The maximum Gasteiger partial charge on any atom is 0.105 e. The molecule has 2 saturated carbocycles. The quantitative estimate of drug-likeness (QED) is 0.465. The van der Waals surface area contributed by atoms with Gasteiger partial charge in [0.15, 0.2) is 0 Å². The van der Waals surface area contributed by atoms with Gasteiger partial charge in [0.2, 0.25) is 0 Å². The van der Waals surface area contributed by atoms with E-state index in [1.165, 1.54) is 38.5 Å². The highest BCUT2D eigenvalue weighted by molar-refractivity contribution is 4.89. The number of aliphatic hydroxyl groups excluding tert-OH is 3. The first kappa shape index (κ1) is 24.4. The van der Waals surface area contributed by atoms with E-state index in [9.17, 15) is 19.7 Å². The number of aliphatic hydroxyl groups is 3. The van der Waals surface area contributed by atoms with Gasteiger partial charge in [-0.3, -0.25) is 4.90 Å². The molecule has 0 amide bonds. The molecule has 0 radical (unpaired) electrons. The maximum absolute atomic E-state index is 14.7. The summed E-state index contributed by atoms with van der Waals surface area (Å²) >= 11 is 0. The molecule has 176 valence electrons. The molecule has 6 heteroatoms. The summed E-state index contributed by atoms with van der Waals surface area (Å²) < 4.78 is 20.5. The Hall–Kier alpha value is -0.270. The van der Waals surface area contributed by atoms with Gasteiger partial charge in [-0.15, -0.1) is 0 Å². The number of alkyl halides is 1. The number of halogens is 1. The van der Waals surface area contributed by atoms with Crippen LogP contribution in [-0.2, 0) is 4.74 Å². The number of nitrogens with zero attached hydrogens (tertiary/aromatic N) is 1. The molecule has 1 aliphatic heterocycles. The average Bonchev–Trinajstić information content (AvgIpc) is 2.77. The van der Waals surface area contributed by atoms with E-state index in [2.05, 4.69) is 4.90 Å². The van der Waals surface area contributed by atoms with E-state index < -0.39 is 18.4 Å². The molecule has 0 bridgehead atoms. The summed E-state index contributed by atoms with van der Waals surface area (Å²) in [5.41, 5.74) is 0. The van der Waals surface area contributed by atoms with Crippen LogP contribution in [0.3, 0.4) is 0 Å². The Kier molecular flexibility index (Phi) is 10.3. The molecule has 30 heavy (non-hydrogen) atoms. The number of hydrogen-bond donors (Lipinski definition) is 3. The number of likely N-dealkylation sites (tertiary alicyclic amines) is 1. The van der Waals surface area contributed by atoms with Crippen molar-refractivity contribution in [2.24, 2.45) is 17.8 Å². The molecule has 5 nitrogen and oxygen atoms in total. The average molecular weight is 430 g/mol. The lowest BCUT2D eigenvalue weighted by Gasteiger charge is -2.40. The van der Waals surface area contributed by atoms with Crippen molar-refractivity contribution in [2.45, 2.75) is 101 Å². The molecule has 0 aromatic rings. The summed E-state index contributed by atoms with van der Waals surface area (Å²) in [7, 11) is 0. The molecular weight excluding hydrogens is 385 g/mol. The monoisotopic (exact) mass is 429 g/mol. The van der Waals surface area contributed by atoms with E-state index in [1.807, 2.05) is 0 Å². The molecule has 0 aromatic heterocycles. The zero-order valence-electron chi connectivity index (χ0n) is 18.6. The number of unbranched alkanes of at least 4 members (excludes halogenated alkanes) is 2. The third-order valence-electron chi connectivity index (χ3n) is 7.99. The number of ether oxygens (including phenoxy) is 1. The minimum Gasteiger partial charge on any atom is -0.395 e. The van der Waals surface area contributed by atoms with Crippen LogP contribution in [-0.4, -0.2) is 77.6 Å². The molecule has 1 saturated heterocycles. The van der Waals surface area contributed by atoms with Gasteiger partial charge < -0.3 is 20.1 Å². The molecular formula is C24H44FNO4. The van der Waals surface area contributed by atoms with Crippen LogP contribution in [0.5, 0.6) is 0 Å². The highest BCUT2D eigenvalue weighted by Crippen LogP contribution is 2.41. The van der Waals surface area contributed by atoms with Gasteiger partial charge in [0, 0.05) is 19.1 Å². The van der Waals surface area contributed by atoms with Crippen LogP contribution < -0.4 is 0 Å². The van der Waals surface area contributed by atoms with Gasteiger partial charge in [-0.2, -0.15) is 0 Å². The Morgan fingerprint density at radius 1 is 0.900 bits per heavy atom. The predicted molar refractivity (Wildman–Crippen MR) is 116 cm³/mol. The number of piperidine rings is 1. The molecule has 3 aliphatic rings. The van der Waals surface area contributed by atoms with Crippen molar-refractivity contribution in [3.05, 3.63) is 0 Å². The lowest BCUT2D eigenvalue weighted by Crippen LogP contribution is -2.56. The van der Waals surface area contributed by atoms with Gasteiger partial charge in [-0.05, 0) is 63.3 Å². The zero-order chi connectivity index (χ0) is 21.3. The molecule has 3 N–H and O–H groups in total. The van der Waals surface area contributed by atoms with E-state index in [0.717, 1.165) is 44.6 Å². The van der Waals surface area contributed by atoms with Gasteiger partial charge in [-0.1, -0.05) is 32.1 Å². The van der Waals surface area contributed by atoms with E-state index in [0.29, 0.717) is 32.1 Å². The molecule has 2 aliphatic carbocycles. The van der Waals surface area contributed by atoms with Crippen molar-refractivity contribution in [1.82, 2.24) is 4.90 Å². The molecule has 0 spiro atoms. The first-order valence-electron chi connectivity index (χ1n) is 12.5. The molecule has 1 heterocycles. The first-order chi connectivity index (χ1) is 14.6. The maximum atomic E-state index is 14.7. The van der Waals surface area contributed by atoms with E-state index >= 15 is 0 Å². The summed E-state index contributed by atoms with van der Waals surface area (Å²) in [6, 6.07) is -0.366. The van der Waals surface area contributed by atoms with Crippen LogP contribution in [0.1, 0.15) is 77.0 Å². The Morgan fingerprint density at radius 2 is 1.70 bits per heavy atom. The highest BCUT2D eigenvalue weighted by atomic mass is 19.1. The largest absolute Gasteiger partial charge is 0.395 e. The van der Waals surface area contributed by atoms with Crippen LogP contribution in [0.15, 0.2) is 0 Å². The lowest BCUT2D eigenvalue weighted by molar-refractivity contribution is -0.0897. The summed E-state index contributed by atoms with van der Waals surface area (Å²) in [5, 5.41) is 29.2. The topological polar surface area (TPSA) is 73.2 Å². The minimum atomic E-state index is -0.867. The zero-order valence-corrected chi connectivity index (χ0v) is 18.6. The van der Waals surface area contributed by atoms with Crippen LogP contribution >= 0.6 is 0 Å². The molecule has 3 fully saturated rings. The Morgan fingerprint density at radius 3 is 2.43 bits per heavy atom. The molecule has 0 aromatic carbocycles. The van der Waals surface area contributed by atoms with Crippen LogP contribution in [0.2, 0.25) is 0 Å². The van der Waals surface area contributed by atoms with E-state index in [1.54, 1.807) is 0 Å². The second-order valence-electron chi connectivity index (χ2n) is 10.0. The Bertz CT molecular complexity index is 476. The molecule has 3 rings (SSSR count). The van der Waals surface area contributed by atoms with E-state index in [-0.39, 0.29) is 18.6 Å². The first-order valence-corrected chi connectivity index (χ1v) is 12.5. The smallest absolute Gasteiger partial charge is 0.105 e. The number of rotatable bonds is 10.